The van der Waals surface area contributed by atoms with E-state index in [4.69, 9.17) is 0 Å². The fourth-order valence-corrected chi connectivity index (χ4v) is 5.83. The van der Waals surface area contributed by atoms with Gasteiger partial charge >= 0.3 is 0 Å². The number of hydrogen-bond acceptors (Lipinski definition) is 7. The third-order valence-corrected chi connectivity index (χ3v) is 8.20. The van der Waals surface area contributed by atoms with Gasteiger partial charge in [0.2, 0.25) is 17.7 Å². The van der Waals surface area contributed by atoms with E-state index in [2.05, 4.69) is 37.3 Å². The number of nitriles is 1. The van der Waals surface area contributed by atoms with E-state index in [-0.39, 0.29) is 35.9 Å². The summed E-state index contributed by atoms with van der Waals surface area (Å²) in [6, 6.07) is 12.8. The zero-order chi connectivity index (χ0) is 31.3. The minimum Gasteiger partial charge on any atom is -0.351 e. The Bertz CT molecular complexity index is 1580. The van der Waals surface area contributed by atoms with Crippen LogP contribution < -0.4 is 21.3 Å². The summed E-state index contributed by atoms with van der Waals surface area (Å²) in [4.78, 5) is 60.9. The zero-order valence-electron chi connectivity index (χ0n) is 24.9. The molecule has 4 amide bonds. The van der Waals surface area contributed by atoms with E-state index in [9.17, 15) is 24.4 Å². The molecule has 11 nitrogen and oxygen atoms in total. The molecule has 1 aliphatic heterocycles. The van der Waals surface area contributed by atoms with Crippen LogP contribution in [-0.4, -0.2) is 57.3 Å². The maximum atomic E-state index is 13.9. The summed E-state index contributed by atoms with van der Waals surface area (Å²) in [7, 11) is 0. The molecule has 1 aliphatic carbocycles. The number of carbonyl (C=O) groups excluding carboxylic acids is 4. The van der Waals surface area contributed by atoms with Crippen molar-refractivity contribution in [3.8, 4) is 6.07 Å². The molecule has 5 rings (SSSR count). The van der Waals surface area contributed by atoms with Crippen LogP contribution >= 0.6 is 0 Å². The number of fused-ring (bicyclic) bond motifs is 1. The maximum Gasteiger partial charge on any atom is 0.272 e. The summed E-state index contributed by atoms with van der Waals surface area (Å²) in [5.74, 6) is -1.84. The number of benzene rings is 2. The van der Waals surface area contributed by atoms with Gasteiger partial charge in [-0.1, -0.05) is 55.3 Å². The highest BCUT2D eigenvalue weighted by Gasteiger charge is 2.39. The van der Waals surface area contributed by atoms with Crippen molar-refractivity contribution in [2.24, 2.45) is 11.8 Å². The van der Waals surface area contributed by atoms with E-state index in [0.29, 0.717) is 12.8 Å². The quantitative estimate of drug-likeness (QED) is 0.250. The first-order valence-electron chi connectivity index (χ1n) is 15.0. The SMILES string of the molecule is CC1(C)C[C@@H](C[C@@H](C#N)NC(=O)[C@H](CC2CC2)NC(=O)[C@H](Cc2cccc3ccccc23)NC(=O)c2cnccn2)C(=O)N1. The lowest BCUT2D eigenvalue weighted by Gasteiger charge is -2.25. The molecule has 4 atom stereocenters. The largest absolute Gasteiger partial charge is 0.351 e. The molecular formula is C33H37N7O4. The molecule has 0 radical (unpaired) electrons. The standard InChI is InChI=1S/C33H37N7O4/c1-33(2)17-23(29(41)40-33)15-24(18-34)37-30(42)26(14-20-10-11-20)38-31(43)27(39-32(44)28-19-35-12-13-36-28)16-22-8-5-7-21-6-3-4-9-25(21)22/h3-9,12-13,19-20,23-24,26-27H,10-11,14-17H2,1-2H3,(H,37,42)(H,38,43)(H,39,44)(H,40,41)/t23-,24+,26+,27+/m1/s1. The third kappa shape index (κ3) is 7.75. The second-order valence-corrected chi connectivity index (χ2v) is 12.4. The van der Waals surface area contributed by atoms with E-state index in [1.165, 1.54) is 18.6 Å². The molecule has 1 aromatic heterocycles. The van der Waals surface area contributed by atoms with Crippen LogP contribution in [-0.2, 0) is 20.8 Å². The van der Waals surface area contributed by atoms with Crippen LogP contribution in [0.1, 0.15) is 62.0 Å². The van der Waals surface area contributed by atoms with Gasteiger partial charge in [0.15, 0.2) is 0 Å². The number of rotatable bonds is 12. The van der Waals surface area contributed by atoms with E-state index in [0.717, 1.165) is 29.2 Å². The van der Waals surface area contributed by atoms with E-state index >= 15 is 0 Å². The number of amides is 4. The molecule has 0 spiro atoms. The fourth-order valence-electron chi connectivity index (χ4n) is 5.83. The minimum atomic E-state index is -1.03. The van der Waals surface area contributed by atoms with Crippen LogP contribution in [0.25, 0.3) is 10.8 Å². The van der Waals surface area contributed by atoms with Gasteiger partial charge in [-0.3, -0.25) is 24.2 Å². The summed E-state index contributed by atoms with van der Waals surface area (Å²) in [6.45, 7) is 3.84. The van der Waals surface area contributed by atoms with Gasteiger partial charge in [0.1, 0.15) is 23.8 Å². The lowest BCUT2D eigenvalue weighted by Crippen LogP contribution is -2.55. The monoisotopic (exact) mass is 595 g/mol. The van der Waals surface area contributed by atoms with Gasteiger partial charge in [-0.05, 0) is 55.4 Å². The summed E-state index contributed by atoms with van der Waals surface area (Å²) in [5.41, 5.74) is 0.544. The van der Waals surface area contributed by atoms with E-state index < -0.39 is 41.8 Å². The van der Waals surface area contributed by atoms with Crippen molar-refractivity contribution in [1.29, 1.82) is 5.26 Å². The highest BCUT2D eigenvalue weighted by Crippen LogP contribution is 2.34. The Morgan fingerprint density at radius 2 is 1.75 bits per heavy atom. The molecule has 0 unspecified atom stereocenters. The molecule has 11 heteroatoms. The molecule has 228 valence electrons. The molecule has 4 N–H and O–H groups in total. The Morgan fingerprint density at radius 1 is 1.00 bits per heavy atom. The summed E-state index contributed by atoms with van der Waals surface area (Å²) in [5, 5.41) is 23.1. The van der Waals surface area contributed by atoms with Gasteiger partial charge in [0, 0.05) is 30.3 Å². The van der Waals surface area contributed by atoms with Crippen LogP contribution in [0.5, 0.6) is 0 Å². The van der Waals surface area contributed by atoms with Crippen molar-refractivity contribution in [1.82, 2.24) is 31.2 Å². The molecular weight excluding hydrogens is 558 g/mol. The zero-order valence-corrected chi connectivity index (χ0v) is 24.9. The second-order valence-electron chi connectivity index (χ2n) is 12.4. The van der Waals surface area contributed by atoms with Crippen molar-refractivity contribution >= 4 is 34.4 Å². The molecule has 1 saturated carbocycles. The first kappa shape index (κ1) is 30.6. The van der Waals surface area contributed by atoms with Crippen LogP contribution in [0.2, 0.25) is 0 Å². The molecule has 3 aromatic rings. The van der Waals surface area contributed by atoms with E-state index in [1.807, 2.05) is 56.3 Å². The van der Waals surface area contributed by atoms with Crippen LogP contribution in [0, 0.1) is 23.2 Å². The Hall–Kier alpha value is -4.85. The van der Waals surface area contributed by atoms with Gasteiger partial charge in [-0.25, -0.2) is 4.98 Å². The maximum absolute atomic E-state index is 13.9. The number of aromatic nitrogens is 2. The van der Waals surface area contributed by atoms with Crippen molar-refractivity contribution in [3.05, 3.63) is 72.3 Å². The molecule has 2 fully saturated rings. The minimum absolute atomic E-state index is 0.0616. The molecule has 2 heterocycles. The molecule has 2 aromatic carbocycles. The van der Waals surface area contributed by atoms with Crippen molar-refractivity contribution < 1.29 is 19.2 Å². The van der Waals surface area contributed by atoms with Gasteiger partial charge in [0.25, 0.3) is 5.91 Å². The summed E-state index contributed by atoms with van der Waals surface area (Å²) < 4.78 is 0. The number of hydrogen-bond donors (Lipinski definition) is 4. The second kappa shape index (κ2) is 13.2. The fraction of sp³-hybridized carbons (Fsp3) is 0.424. The van der Waals surface area contributed by atoms with Gasteiger partial charge < -0.3 is 21.3 Å². The summed E-state index contributed by atoms with van der Waals surface area (Å²) in [6.07, 6.45) is 7.38. The van der Waals surface area contributed by atoms with E-state index in [1.54, 1.807) is 0 Å². The van der Waals surface area contributed by atoms with Crippen LogP contribution in [0.15, 0.2) is 61.1 Å². The normalized spacial score (nSPS) is 19.2. The Labute approximate surface area is 256 Å². The van der Waals surface area contributed by atoms with Crippen molar-refractivity contribution in [2.45, 2.75) is 76.0 Å². The molecule has 2 aliphatic rings. The summed E-state index contributed by atoms with van der Waals surface area (Å²) >= 11 is 0. The van der Waals surface area contributed by atoms with Gasteiger partial charge in [-0.2, -0.15) is 5.26 Å². The highest BCUT2D eigenvalue weighted by atomic mass is 16.2. The van der Waals surface area contributed by atoms with Crippen molar-refractivity contribution in [3.63, 3.8) is 0 Å². The number of carbonyl (C=O) groups is 4. The van der Waals surface area contributed by atoms with Gasteiger partial charge in [-0.15, -0.1) is 0 Å². The number of nitrogens with zero attached hydrogens (tertiary/aromatic N) is 3. The molecule has 1 saturated heterocycles. The average molecular weight is 596 g/mol. The van der Waals surface area contributed by atoms with Crippen LogP contribution in [0.4, 0.5) is 0 Å². The van der Waals surface area contributed by atoms with Crippen LogP contribution in [0.3, 0.4) is 0 Å². The Balaban J connectivity index is 1.33. The predicted octanol–water partition coefficient (Wildman–Crippen LogP) is 2.57. The Kier molecular flexibility index (Phi) is 9.18. The molecule has 0 bridgehead atoms. The number of nitrogens with one attached hydrogen (secondary N) is 4. The lowest BCUT2D eigenvalue weighted by atomic mass is 9.92. The smallest absolute Gasteiger partial charge is 0.272 e. The first-order valence-corrected chi connectivity index (χ1v) is 15.0. The molecule has 44 heavy (non-hydrogen) atoms. The first-order chi connectivity index (χ1) is 21.1. The van der Waals surface area contributed by atoms with Crippen molar-refractivity contribution in [2.75, 3.05) is 0 Å². The van der Waals surface area contributed by atoms with Gasteiger partial charge in [0.05, 0.1) is 12.3 Å². The highest BCUT2D eigenvalue weighted by molar-refractivity contribution is 5.97. The average Bonchev–Trinajstić information content (AvgIpc) is 3.79. The Morgan fingerprint density at radius 3 is 2.43 bits per heavy atom. The lowest BCUT2D eigenvalue weighted by molar-refractivity contribution is -0.130. The predicted molar refractivity (Wildman–Crippen MR) is 163 cm³/mol. The third-order valence-electron chi connectivity index (χ3n) is 8.20. The topological polar surface area (TPSA) is 166 Å².